The molecule has 2 heterocycles. The quantitative estimate of drug-likeness (QED) is 0.736. The molecule has 0 atom stereocenters. The van der Waals surface area contributed by atoms with E-state index < -0.39 is 9.84 Å². The molecule has 0 aliphatic rings. The Hall–Kier alpha value is -1.49. The van der Waals surface area contributed by atoms with Crippen LogP contribution >= 0.6 is 0 Å². The van der Waals surface area contributed by atoms with Gasteiger partial charge in [-0.15, -0.1) is 0 Å². The smallest absolute Gasteiger partial charge is 0.272 e. The molecular formula is C8H6O4S. The molecule has 0 unspecified atom stereocenters. The summed E-state index contributed by atoms with van der Waals surface area (Å²) in [6.45, 7) is 0. The number of hydrogen-bond acceptors (Lipinski definition) is 4. The third-order valence-corrected chi connectivity index (χ3v) is 3.04. The van der Waals surface area contributed by atoms with Gasteiger partial charge in [0.05, 0.1) is 12.5 Å². The van der Waals surface area contributed by atoms with Crippen molar-refractivity contribution >= 4 is 9.84 Å². The highest BCUT2D eigenvalue weighted by Gasteiger charge is 2.22. The van der Waals surface area contributed by atoms with Crippen LogP contribution in [0.3, 0.4) is 0 Å². The van der Waals surface area contributed by atoms with Gasteiger partial charge < -0.3 is 8.83 Å². The van der Waals surface area contributed by atoms with Crippen LogP contribution in [0, 0.1) is 0 Å². The maximum absolute atomic E-state index is 11.6. The van der Waals surface area contributed by atoms with E-state index in [9.17, 15) is 8.42 Å². The molecule has 2 aromatic heterocycles. The molecule has 0 amide bonds. The fourth-order valence-electron chi connectivity index (χ4n) is 0.932. The lowest BCUT2D eigenvalue weighted by Gasteiger charge is -1.93. The van der Waals surface area contributed by atoms with Crippen molar-refractivity contribution in [1.82, 2.24) is 0 Å². The molecule has 0 bridgehead atoms. The standard InChI is InChI=1S/C8H6O4S/c9-13(10,7-3-1-5-11-7)8-4-2-6-12-8/h1-6H. The first-order chi connectivity index (χ1) is 6.21. The Morgan fingerprint density at radius 2 is 1.38 bits per heavy atom. The highest BCUT2D eigenvalue weighted by molar-refractivity contribution is 7.91. The van der Waals surface area contributed by atoms with E-state index in [2.05, 4.69) is 0 Å². The number of sulfone groups is 1. The average Bonchev–Trinajstić information content (AvgIpc) is 2.78. The second-order valence-corrected chi connectivity index (χ2v) is 4.18. The fourth-order valence-corrected chi connectivity index (χ4v) is 2.01. The van der Waals surface area contributed by atoms with Gasteiger partial charge in [-0.1, -0.05) is 0 Å². The Labute approximate surface area is 74.7 Å². The van der Waals surface area contributed by atoms with Crippen LogP contribution in [0.4, 0.5) is 0 Å². The summed E-state index contributed by atoms with van der Waals surface area (Å²) < 4.78 is 32.7. The minimum Gasteiger partial charge on any atom is -0.452 e. The summed E-state index contributed by atoms with van der Waals surface area (Å²) in [6, 6.07) is 5.77. The normalized spacial score (nSPS) is 11.7. The molecule has 0 N–H and O–H groups in total. The van der Waals surface area contributed by atoms with Gasteiger partial charge in [0.2, 0.25) is 10.2 Å². The van der Waals surface area contributed by atoms with Crippen LogP contribution in [-0.4, -0.2) is 8.42 Å². The van der Waals surface area contributed by atoms with Gasteiger partial charge in [-0.25, -0.2) is 8.42 Å². The number of furan rings is 2. The Morgan fingerprint density at radius 1 is 0.923 bits per heavy atom. The molecule has 13 heavy (non-hydrogen) atoms. The summed E-state index contributed by atoms with van der Waals surface area (Å²) in [5.74, 6) is 0. The van der Waals surface area contributed by atoms with Crippen molar-refractivity contribution in [3.63, 3.8) is 0 Å². The van der Waals surface area contributed by atoms with Crippen molar-refractivity contribution < 1.29 is 17.3 Å². The SMILES string of the molecule is O=S(=O)(c1ccco1)c1ccco1. The highest BCUT2D eigenvalue weighted by Crippen LogP contribution is 2.20. The monoisotopic (exact) mass is 198 g/mol. The summed E-state index contributed by atoms with van der Waals surface area (Å²) >= 11 is 0. The van der Waals surface area contributed by atoms with E-state index >= 15 is 0 Å². The Bertz CT molecular complexity index is 424. The predicted molar refractivity (Wildman–Crippen MR) is 42.9 cm³/mol. The van der Waals surface area contributed by atoms with Crippen LogP contribution in [0.25, 0.3) is 0 Å². The summed E-state index contributed by atoms with van der Waals surface area (Å²) in [5.41, 5.74) is 0. The first-order valence-electron chi connectivity index (χ1n) is 3.53. The molecule has 0 aliphatic heterocycles. The first kappa shape index (κ1) is 8.12. The number of hydrogen-bond donors (Lipinski definition) is 0. The summed E-state index contributed by atoms with van der Waals surface area (Å²) in [6.07, 6.45) is 2.60. The molecule has 0 aliphatic carbocycles. The zero-order valence-electron chi connectivity index (χ0n) is 6.51. The maximum Gasteiger partial charge on any atom is 0.272 e. The van der Waals surface area contributed by atoms with Gasteiger partial charge in [0, 0.05) is 0 Å². The lowest BCUT2D eigenvalue weighted by atomic mass is 10.7. The van der Waals surface area contributed by atoms with Crippen LogP contribution < -0.4 is 0 Å². The van der Waals surface area contributed by atoms with Crippen molar-refractivity contribution in [3.05, 3.63) is 36.8 Å². The van der Waals surface area contributed by atoms with E-state index in [1.165, 1.54) is 36.8 Å². The molecule has 2 rings (SSSR count). The zero-order chi connectivity index (χ0) is 9.31. The van der Waals surface area contributed by atoms with Gasteiger partial charge in [-0.3, -0.25) is 0 Å². The van der Waals surface area contributed by atoms with Crippen LogP contribution in [0.5, 0.6) is 0 Å². The van der Waals surface area contributed by atoms with E-state index in [0.717, 1.165) is 0 Å². The summed E-state index contributed by atoms with van der Waals surface area (Å²) in [4.78, 5) is 0. The maximum atomic E-state index is 11.6. The Kier molecular flexibility index (Phi) is 1.73. The molecule has 2 aromatic rings. The predicted octanol–water partition coefficient (Wildman–Crippen LogP) is 1.71. The van der Waals surface area contributed by atoms with Gasteiger partial charge in [0.15, 0.2) is 0 Å². The van der Waals surface area contributed by atoms with Crippen LogP contribution in [0.15, 0.2) is 55.8 Å². The second kappa shape index (κ2) is 2.77. The Morgan fingerprint density at radius 3 is 1.69 bits per heavy atom. The lowest BCUT2D eigenvalue weighted by molar-refractivity contribution is 0.418. The Balaban J connectivity index is 2.56. The van der Waals surface area contributed by atoms with Crippen molar-refractivity contribution in [3.8, 4) is 0 Å². The molecule has 0 fully saturated rings. The van der Waals surface area contributed by atoms with Crippen molar-refractivity contribution in [2.24, 2.45) is 0 Å². The molecule has 5 heteroatoms. The van der Waals surface area contributed by atoms with Gasteiger partial charge in [0.25, 0.3) is 9.84 Å². The van der Waals surface area contributed by atoms with E-state index in [1.54, 1.807) is 0 Å². The van der Waals surface area contributed by atoms with Crippen LogP contribution in [0.1, 0.15) is 0 Å². The minimum atomic E-state index is -3.59. The van der Waals surface area contributed by atoms with Gasteiger partial charge in [-0.2, -0.15) is 0 Å². The van der Waals surface area contributed by atoms with Crippen LogP contribution in [-0.2, 0) is 9.84 Å². The second-order valence-electron chi connectivity index (χ2n) is 2.37. The first-order valence-corrected chi connectivity index (χ1v) is 5.02. The number of rotatable bonds is 2. The summed E-state index contributed by atoms with van der Waals surface area (Å²) in [7, 11) is -3.59. The van der Waals surface area contributed by atoms with Gasteiger partial charge in [-0.05, 0) is 24.3 Å². The zero-order valence-corrected chi connectivity index (χ0v) is 7.32. The van der Waals surface area contributed by atoms with E-state index in [-0.39, 0.29) is 10.2 Å². The third-order valence-electron chi connectivity index (χ3n) is 1.52. The molecular weight excluding hydrogens is 192 g/mol. The third kappa shape index (κ3) is 1.27. The molecule has 0 radical (unpaired) electrons. The highest BCUT2D eigenvalue weighted by atomic mass is 32.2. The van der Waals surface area contributed by atoms with Crippen molar-refractivity contribution in [2.75, 3.05) is 0 Å². The van der Waals surface area contributed by atoms with Gasteiger partial charge >= 0.3 is 0 Å². The molecule has 0 saturated carbocycles. The summed E-state index contributed by atoms with van der Waals surface area (Å²) in [5, 5.41) is -0.218. The van der Waals surface area contributed by atoms with Crippen molar-refractivity contribution in [1.29, 1.82) is 0 Å². The van der Waals surface area contributed by atoms with E-state index in [1.807, 2.05) is 0 Å². The molecule has 4 nitrogen and oxygen atoms in total. The topological polar surface area (TPSA) is 60.4 Å². The van der Waals surface area contributed by atoms with E-state index in [4.69, 9.17) is 8.83 Å². The molecule has 68 valence electrons. The average molecular weight is 198 g/mol. The lowest BCUT2D eigenvalue weighted by Crippen LogP contribution is -1.97. The van der Waals surface area contributed by atoms with Crippen LogP contribution in [0.2, 0.25) is 0 Å². The fraction of sp³-hybridized carbons (Fsp3) is 0. The van der Waals surface area contributed by atoms with E-state index in [0.29, 0.717) is 0 Å². The molecule has 0 aromatic carbocycles. The largest absolute Gasteiger partial charge is 0.452 e. The molecule has 0 saturated heterocycles. The minimum absolute atomic E-state index is 0.109. The van der Waals surface area contributed by atoms with Gasteiger partial charge in [0.1, 0.15) is 0 Å². The van der Waals surface area contributed by atoms with Crippen molar-refractivity contribution in [2.45, 2.75) is 10.2 Å². The molecule has 0 spiro atoms.